The second-order valence-electron chi connectivity index (χ2n) is 5.43. The number of hydrogen-bond donors (Lipinski definition) is 1. The molecule has 18 heavy (non-hydrogen) atoms. The molecule has 0 saturated carbocycles. The van der Waals surface area contributed by atoms with E-state index in [1.807, 2.05) is 11.8 Å². The summed E-state index contributed by atoms with van der Waals surface area (Å²) in [7, 11) is 0. The molecule has 2 aliphatic rings. The predicted molar refractivity (Wildman–Crippen MR) is 65.1 cm³/mol. The highest BCUT2D eigenvalue weighted by Crippen LogP contribution is 2.26. The van der Waals surface area contributed by atoms with Crippen molar-refractivity contribution in [3.63, 3.8) is 0 Å². The van der Waals surface area contributed by atoms with E-state index in [1.54, 1.807) is 0 Å². The Balaban J connectivity index is 1.81. The number of nitrogens with zero attached hydrogens (tertiary/aromatic N) is 1. The molecular weight excluding hydrogens is 234 g/mol. The van der Waals surface area contributed by atoms with Crippen LogP contribution >= 0.6 is 0 Å². The number of aliphatic carboxylic acids is 1. The molecule has 1 amide bonds. The standard InChI is InChI=1S/C13H21NO4/c1-9-5-7-18-12(9)13(17)14-6-4-10(8-14)2-3-11(15)16/h9-10,12H,2-8H2,1H3,(H,15,16). The molecule has 102 valence electrons. The zero-order valence-corrected chi connectivity index (χ0v) is 10.8. The summed E-state index contributed by atoms with van der Waals surface area (Å²) >= 11 is 0. The SMILES string of the molecule is CC1CCOC1C(=O)N1CCC(CCC(=O)O)C1. The Labute approximate surface area is 107 Å². The van der Waals surface area contributed by atoms with E-state index in [2.05, 4.69) is 0 Å². The first-order valence-electron chi connectivity index (χ1n) is 6.70. The Morgan fingerprint density at radius 1 is 1.39 bits per heavy atom. The van der Waals surface area contributed by atoms with Crippen molar-refractivity contribution in [2.45, 2.75) is 38.7 Å². The van der Waals surface area contributed by atoms with Gasteiger partial charge in [0.25, 0.3) is 5.91 Å². The number of rotatable bonds is 4. The van der Waals surface area contributed by atoms with Gasteiger partial charge in [-0.25, -0.2) is 0 Å². The van der Waals surface area contributed by atoms with Gasteiger partial charge in [0.1, 0.15) is 6.10 Å². The average Bonchev–Trinajstić information content (AvgIpc) is 2.94. The smallest absolute Gasteiger partial charge is 0.303 e. The number of amides is 1. The lowest BCUT2D eigenvalue weighted by Crippen LogP contribution is -2.39. The van der Waals surface area contributed by atoms with Crippen molar-refractivity contribution in [1.29, 1.82) is 0 Å². The first-order chi connectivity index (χ1) is 8.58. The van der Waals surface area contributed by atoms with E-state index in [9.17, 15) is 9.59 Å². The van der Waals surface area contributed by atoms with E-state index in [0.717, 1.165) is 19.4 Å². The number of carbonyl (C=O) groups excluding carboxylic acids is 1. The molecule has 2 fully saturated rings. The molecule has 2 aliphatic heterocycles. The van der Waals surface area contributed by atoms with E-state index in [-0.39, 0.29) is 18.4 Å². The Morgan fingerprint density at radius 3 is 2.78 bits per heavy atom. The normalized spacial score (nSPS) is 31.8. The molecule has 0 aromatic carbocycles. The fraction of sp³-hybridized carbons (Fsp3) is 0.846. The molecule has 0 aromatic heterocycles. The van der Waals surface area contributed by atoms with Crippen molar-refractivity contribution in [1.82, 2.24) is 4.90 Å². The van der Waals surface area contributed by atoms with Crippen LogP contribution in [-0.2, 0) is 14.3 Å². The third-order valence-corrected chi connectivity index (χ3v) is 3.99. The van der Waals surface area contributed by atoms with Crippen LogP contribution < -0.4 is 0 Å². The van der Waals surface area contributed by atoms with Crippen molar-refractivity contribution in [3.8, 4) is 0 Å². The molecule has 2 saturated heterocycles. The summed E-state index contributed by atoms with van der Waals surface area (Å²) in [5.74, 6) is -0.0253. The Hall–Kier alpha value is -1.10. The Morgan fingerprint density at radius 2 is 2.17 bits per heavy atom. The molecule has 5 nitrogen and oxygen atoms in total. The highest BCUT2D eigenvalue weighted by molar-refractivity contribution is 5.81. The van der Waals surface area contributed by atoms with Gasteiger partial charge in [-0.3, -0.25) is 9.59 Å². The number of carbonyl (C=O) groups is 2. The summed E-state index contributed by atoms with van der Waals surface area (Å²) in [6.07, 6.45) is 2.46. The monoisotopic (exact) mass is 255 g/mol. The molecule has 5 heteroatoms. The van der Waals surface area contributed by atoms with Crippen molar-refractivity contribution in [3.05, 3.63) is 0 Å². The molecule has 0 radical (unpaired) electrons. The first-order valence-corrected chi connectivity index (χ1v) is 6.70. The molecule has 2 heterocycles. The topological polar surface area (TPSA) is 66.8 Å². The van der Waals surface area contributed by atoms with Gasteiger partial charge in [-0.05, 0) is 31.1 Å². The maximum Gasteiger partial charge on any atom is 0.303 e. The van der Waals surface area contributed by atoms with Crippen LogP contribution in [0.3, 0.4) is 0 Å². The van der Waals surface area contributed by atoms with Gasteiger partial charge in [-0.15, -0.1) is 0 Å². The Kier molecular flexibility index (Phi) is 4.22. The average molecular weight is 255 g/mol. The number of likely N-dealkylation sites (tertiary alicyclic amines) is 1. The van der Waals surface area contributed by atoms with Crippen molar-refractivity contribution in [2.75, 3.05) is 19.7 Å². The van der Waals surface area contributed by atoms with Gasteiger partial charge >= 0.3 is 5.97 Å². The van der Waals surface area contributed by atoms with Crippen LogP contribution in [0.15, 0.2) is 0 Å². The minimum atomic E-state index is -0.757. The van der Waals surface area contributed by atoms with Gasteiger partial charge in [0.05, 0.1) is 0 Å². The number of carboxylic acids is 1. The summed E-state index contributed by atoms with van der Waals surface area (Å²) in [5, 5.41) is 8.66. The predicted octanol–water partition coefficient (Wildman–Crippen LogP) is 1.12. The van der Waals surface area contributed by atoms with E-state index in [0.29, 0.717) is 31.4 Å². The fourth-order valence-corrected chi connectivity index (χ4v) is 2.79. The third kappa shape index (κ3) is 3.02. The highest BCUT2D eigenvalue weighted by atomic mass is 16.5. The minimum absolute atomic E-state index is 0.0952. The zero-order chi connectivity index (χ0) is 13.1. The van der Waals surface area contributed by atoms with Crippen LogP contribution in [-0.4, -0.2) is 47.7 Å². The van der Waals surface area contributed by atoms with Crippen molar-refractivity contribution >= 4 is 11.9 Å². The van der Waals surface area contributed by atoms with Gasteiger partial charge < -0.3 is 14.7 Å². The molecule has 0 bridgehead atoms. The van der Waals surface area contributed by atoms with Crippen LogP contribution in [0.2, 0.25) is 0 Å². The van der Waals surface area contributed by atoms with E-state index < -0.39 is 5.97 Å². The van der Waals surface area contributed by atoms with E-state index in [1.165, 1.54) is 0 Å². The summed E-state index contributed by atoms with van der Waals surface area (Å²) in [6, 6.07) is 0. The lowest BCUT2D eigenvalue weighted by atomic mass is 10.0. The summed E-state index contributed by atoms with van der Waals surface area (Å²) in [4.78, 5) is 24.6. The molecule has 1 N–H and O–H groups in total. The Bertz CT molecular complexity index is 331. The lowest BCUT2D eigenvalue weighted by Gasteiger charge is -2.22. The van der Waals surface area contributed by atoms with Crippen LogP contribution in [0.1, 0.15) is 32.6 Å². The zero-order valence-electron chi connectivity index (χ0n) is 10.8. The molecule has 0 aromatic rings. The van der Waals surface area contributed by atoms with Gasteiger partial charge in [-0.2, -0.15) is 0 Å². The van der Waals surface area contributed by atoms with Crippen molar-refractivity contribution < 1.29 is 19.4 Å². The van der Waals surface area contributed by atoms with Crippen LogP contribution in [0.5, 0.6) is 0 Å². The van der Waals surface area contributed by atoms with Gasteiger partial charge in [-0.1, -0.05) is 6.92 Å². The third-order valence-electron chi connectivity index (χ3n) is 3.99. The molecule has 0 aliphatic carbocycles. The second kappa shape index (κ2) is 5.69. The van der Waals surface area contributed by atoms with Crippen LogP contribution in [0.4, 0.5) is 0 Å². The summed E-state index contributed by atoms with van der Waals surface area (Å²) in [6.45, 7) is 4.16. The van der Waals surface area contributed by atoms with Crippen LogP contribution in [0, 0.1) is 11.8 Å². The molecular formula is C13H21NO4. The number of hydrogen-bond acceptors (Lipinski definition) is 3. The maximum atomic E-state index is 12.2. The van der Waals surface area contributed by atoms with Gasteiger partial charge in [0.2, 0.25) is 0 Å². The van der Waals surface area contributed by atoms with Gasteiger partial charge in [0, 0.05) is 26.1 Å². The van der Waals surface area contributed by atoms with E-state index >= 15 is 0 Å². The van der Waals surface area contributed by atoms with Crippen molar-refractivity contribution in [2.24, 2.45) is 11.8 Å². The lowest BCUT2D eigenvalue weighted by molar-refractivity contribution is -0.141. The maximum absolute atomic E-state index is 12.2. The highest BCUT2D eigenvalue weighted by Gasteiger charge is 2.36. The van der Waals surface area contributed by atoms with Gasteiger partial charge in [0.15, 0.2) is 0 Å². The number of ether oxygens (including phenoxy) is 1. The molecule has 3 unspecified atom stereocenters. The molecule has 0 spiro atoms. The summed E-state index contributed by atoms with van der Waals surface area (Å²) in [5.41, 5.74) is 0. The minimum Gasteiger partial charge on any atom is -0.481 e. The number of carboxylic acid groups (broad SMARTS) is 1. The second-order valence-corrected chi connectivity index (χ2v) is 5.43. The van der Waals surface area contributed by atoms with Crippen LogP contribution in [0.25, 0.3) is 0 Å². The molecule has 2 rings (SSSR count). The largest absolute Gasteiger partial charge is 0.481 e. The summed E-state index contributed by atoms with van der Waals surface area (Å²) < 4.78 is 5.49. The fourth-order valence-electron chi connectivity index (χ4n) is 2.79. The first kappa shape index (κ1) is 13.3. The molecule has 3 atom stereocenters. The van der Waals surface area contributed by atoms with E-state index in [4.69, 9.17) is 9.84 Å². The quantitative estimate of drug-likeness (QED) is 0.817.